The summed E-state index contributed by atoms with van der Waals surface area (Å²) in [6.45, 7) is 1.65. The number of nitrogens with zero attached hydrogens (tertiary/aromatic N) is 1. The summed E-state index contributed by atoms with van der Waals surface area (Å²) in [6.07, 6.45) is 1.39. The molecule has 0 aliphatic carbocycles. The van der Waals surface area contributed by atoms with Crippen molar-refractivity contribution in [1.29, 1.82) is 0 Å². The molecule has 0 aliphatic rings. The van der Waals surface area contributed by atoms with Crippen LogP contribution < -0.4 is 15.9 Å². The van der Waals surface area contributed by atoms with E-state index in [0.717, 1.165) is 10.9 Å². The maximum absolute atomic E-state index is 12.9. The van der Waals surface area contributed by atoms with E-state index in [9.17, 15) is 9.59 Å². The van der Waals surface area contributed by atoms with Crippen molar-refractivity contribution in [3.8, 4) is 17.0 Å². The Morgan fingerprint density at radius 1 is 1.15 bits per heavy atom. The highest BCUT2D eigenvalue weighted by Crippen LogP contribution is 2.24. The van der Waals surface area contributed by atoms with E-state index >= 15 is 0 Å². The van der Waals surface area contributed by atoms with E-state index in [2.05, 4.69) is 10.7 Å². The number of hydrogen-bond donors (Lipinski definition) is 1. The molecule has 0 unspecified atom stereocenters. The summed E-state index contributed by atoms with van der Waals surface area (Å²) in [7, 11) is 0. The molecule has 0 aliphatic heterocycles. The molecule has 4 rings (SSSR count). The summed E-state index contributed by atoms with van der Waals surface area (Å²) in [4.78, 5) is 29.1. The van der Waals surface area contributed by atoms with Crippen LogP contribution >= 0.6 is 0 Å². The summed E-state index contributed by atoms with van der Waals surface area (Å²) < 4.78 is 10.8. The average molecular weight is 361 g/mol. The van der Waals surface area contributed by atoms with Crippen LogP contribution in [0.3, 0.4) is 0 Å². The number of esters is 1. The van der Waals surface area contributed by atoms with Gasteiger partial charge in [-0.3, -0.25) is 4.79 Å². The number of para-hydroxylation sites is 1. The SMILES string of the molecule is C[C@@H]([NH3+])C(=O)Oc1ccc2c(=O)c(-c3ccc4ccccc4n3)coc2c1. The maximum atomic E-state index is 12.9. The normalized spacial score (nSPS) is 12.2. The van der Waals surface area contributed by atoms with Crippen LogP contribution in [0.4, 0.5) is 0 Å². The zero-order valence-electron chi connectivity index (χ0n) is 14.6. The first-order valence-corrected chi connectivity index (χ1v) is 8.49. The second-order valence-electron chi connectivity index (χ2n) is 6.35. The molecule has 1 atom stereocenters. The van der Waals surface area contributed by atoms with Gasteiger partial charge in [-0.15, -0.1) is 0 Å². The minimum atomic E-state index is -0.492. The third-order valence-electron chi connectivity index (χ3n) is 4.24. The zero-order valence-corrected chi connectivity index (χ0v) is 14.6. The number of benzene rings is 2. The molecule has 0 spiro atoms. The van der Waals surface area contributed by atoms with Gasteiger partial charge in [0, 0.05) is 11.5 Å². The zero-order chi connectivity index (χ0) is 19.0. The van der Waals surface area contributed by atoms with Crippen molar-refractivity contribution >= 4 is 27.8 Å². The quantitative estimate of drug-likeness (QED) is 0.447. The Labute approximate surface area is 154 Å². The van der Waals surface area contributed by atoms with E-state index < -0.39 is 12.0 Å². The number of ether oxygens (including phenoxy) is 1. The number of rotatable bonds is 3. The number of fused-ring (bicyclic) bond motifs is 2. The average Bonchev–Trinajstić information content (AvgIpc) is 2.68. The summed E-state index contributed by atoms with van der Waals surface area (Å²) in [5.41, 5.74) is 5.50. The molecule has 4 aromatic rings. The smallest absolute Gasteiger partial charge is 0.369 e. The first-order valence-electron chi connectivity index (χ1n) is 8.49. The number of quaternary nitrogens is 1. The van der Waals surface area contributed by atoms with Crippen LogP contribution in [-0.4, -0.2) is 17.0 Å². The number of pyridine rings is 1. The Kier molecular flexibility index (Phi) is 4.18. The number of carbonyl (C=O) groups excluding carboxylic acids is 1. The molecule has 6 nitrogen and oxygen atoms in total. The first-order chi connectivity index (χ1) is 13.0. The molecule has 27 heavy (non-hydrogen) atoms. The molecule has 3 N–H and O–H groups in total. The molecule has 0 fully saturated rings. The van der Waals surface area contributed by atoms with Crippen molar-refractivity contribution in [3.63, 3.8) is 0 Å². The topological polar surface area (TPSA) is 97.0 Å². The van der Waals surface area contributed by atoms with Crippen molar-refractivity contribution in [1.82, 2.24) is 4.98 Å². The molecular formula is C21H17N2O4+. The molecule has 2 heterocycles. The maximum Gasteiger partial charge on any atom is 0.369 e. The van der Waals surface area contributed by atoms with Gasteiger partial charge in [0.2, 0.25) is 5.43 Å². The highest BCUT2D eigenvalue weighted by Gasteiger charge is 2.16. The van der Waals surface area contributed by atoms with Crippen molar-refractivity contribution in [2.45, 2.75) is 13.0 Å². The predicted molar refractivity (Wildman–Crippen MR) is 101 cm³/mol. The summed E-state index contributed by atoms with van der Waals surface area (Å²) in [5.74, 6) is -0.142. The molecule has 134 valence electrons. The van der Waals surface area contributed by atoms with Crippen LogP contribution in [0.1, 0.15) is 6.92 Å². The lowest BCUT2D eigenvalue weighted by atomic mass is 10.1. The second-order valence-corrected chi connectivity index (χ2v) is 6.35. The van der Waals surface area contributed by atoms with Crippen LogP contribution in [0, 0.1) is 0 Å². The summed E-state index contributed by atoms with van der Waals surface area (Å²) in [6, 6.07) is 15.6. The highest BCUT2D eigenvalue weighted by atomic mass is 16.5. The van der Waals surface area contributed by atoms with E-state index in [0.29, 0.717) is 28.0 Å². The lowest BCUT2D eigenvalue weighted by Gasteiger charge is -2.07. The third-order valence-corrected chi connectivity index (χ3v) is 4.24. The van der Waals surface area contributed by atoms with Crippen molar-refractivity contribution in [2.24, 2.45) is 0 Å². The van der Waals surface area contributed by atoms with Crippen LogP contribution in [0.25, 0.3) is 33.1 Å². The fourth-order valence-electron chi connectivity index (χ4n) is 2.78. The monoisotopic (exact) mass is 361 g/mol. The van der Waals surface area contributed by atoms with Crippen LogP contribution in [-0.2, 0) is 4.79 Å². The van der Waals surface area contributed by atoms with Gasteiger partial charge in [0.05, 0.1) is 22.2 Å². The van der Waals surface area contributed by atoms with E-state index in [-0.39, 0.29) is 5.43 Å². The Bertz CT molecular complexity index is 1230. The van der Waals surface area contributed by atoms with Gasteiger partial charge < -0.3 is 14.9 Å². The molecule has 0 bridgehead atoms. The molecule has 6 heteroatoms. The molecular weight excluding hydrogens is 344 g/mol. The van der Waals surface area contributed by atoms with E-state index in [1.54, 1.807) is 25.1 Å². The largest absolute Gasteiger partial charge is 0.463 e. The van der Waals surface area contributed by atoms with Gasteiger partial charge >= 0.3 is 5.97 Å². The predicted octanol–water partition coefficient (Wildman–Crippen LogP) is 2.54. The minimum Gasteiger partial charge on any atom is -0.463 e. The van der Waals surface area contributed by atoms with E-state index in [1.165, 1.54) is 12.3 Å². The van der Waals surface area contributed by atoms with Gasteiger partial charge in [-0.25, -0.2) is 9.78 Å². The Hall–Kier alpha value is -3.51. The van der Waals surface area contributed by atoms with Gasteiger partial charge in [0.25, 0.3) is 0 Å². The fraction of sp³-hybridized carbons (Fsp3) is 0.0952. The fourth-order valence-corrected chi connectivity index (χ4v) is 2.78. The van der Waals surface area contributed by atoms with E-state index in [1.807, 2.05) is 30.3 Å². The van der Waals surface area contributed by atoms with Gasteiger partial charge in [0.15, 0.2) is 6.04 Å². The molecule has 0 radical (unpaired) electrons. The van der Waals surface area contributed by atoms with Crippen molar-refractivity contribution in [2.75, 3.05) is 0 Å². The summed E-state index contributed by atoms with van der Waals surface area (Å²) >= 11 is 0. The standard InChI is InChI=1S/C21H16N2O4/c1-12(22)21(25)27-14-7-8-15-19(10-14)26-11-16(20(15)24)18-9-6-13-4-2-3-5-17(13)23-18/h2-12H,22H2,1H3/p+1/t12-/m1/s1. The number of hydrogen-bond acceptors (Lipinski definition) is 5. The Morgan fingerprint density at radius 2 is 1.96 bits per heavy atom. The van der Waals surface area contributed by atoms with Crippen LogP contribution in [0.2, 0.25) is 0 Å². The van der Waals surface area contributed by atoms with Crippen LogP contribution in [0.15, 0.2) is 70.1 Å². The lowest BCUT2D eigenvalue weighted by molar-refractivity contribution is -0.401. The first kappa shape index (κ1) is 16.9. The van der Waals surface area contributed by atoms with Crippen molar-refractivity contribution in [3.05, 3.63) is 71.1 Å². The highest BCUT2D eigenvalue weighted by molar-refractivity contribution is 5.85. The molecule has 2 aromatic heterocycles. The van der Waals surface area contributed by atoms with E-state index in [4.69, 9.17) is 9.15 Å². The number of carbonyl (C=O) groups is 1. The Morgan fingerprint density at radius 3 is 2.78 bits per heavy atom. The molecule has 0 saturated heterocycles. The summed E-state index contributed by atoms with van der Waals surface area (Å²) in [5, 5.41) is 1.39. The van der Waals surface area contributed by atoms with Crippen LogP contribution in [0.5, 0.6) is 5.75 Å². The van der Waals surface area contributed by atoms with Gasteiger partial charge in [-0.05, 0) is 31.2 Å². The van der Waals surface area contributed by atoms with Gasteiger partial charge in [-0.1, -0.05) is 24.3 Å². The Balaban J connectivity index is 1.77. The molecule has 2 aromatic carbocycles. The second kappa shape index (κ2) is 6.66. The third kappa shape index (κ3) is 3.18. The van der Waals surface area contributed by atoms with Gasteiger partial charge in [0.1, 0.15) is 17.6 Å². The molecule has 0 saturated carbocycles. The van der Waals surface area contributed by atoms with Gasteiger partial charge in [-0.2, -0.15) is 0 Å². The molecule has 0 amide bonds. The minimum absolute atomic E-state index is 0.192. The lowest BCUT2D eigenvalue weighted by Crippen LogP contribution is -2.64. The van der Waals surface area contributed by atoms with Crippen molar-refractivity contribution < 1.29 is 19.7 Å². The number of aromatic nitrogens is 1.